The zero-order valence-electron chi connectivity index (χ0n) is 4.06. The van der Waals surface area contributed by atoms with Crippen molar-refractivity contribution in [2.75, 3.05) is 0 Å². The maximum atomic E-state index is 3.71. The van der Waals surface area contributed by atoms with Crippen LogP contribution in [0.15, 0.2) is 21.4 Å². The van der Waals surface area contributed by atoms with Gasteiger partial charge in [0, 0.05) is 10.3 Å². The van der Waals surface area contributed by atoms with E-state index in [2.05, 4.69) is 33.5 Å². The van der Waals surface area contributed by atoms with Crippen LogP contribution in [0, 0.1) is 0 Å². The average Bonchev–Trinajstić information content (AvgIpc) is 1.69. The lowest BCUT2D eigenvalue weighted by Gasteiger charge is -1.60. The molecule has 0 atom stereocenters. The molecule has 7 heavy (non-hydrogen) atoms. The molecule has 0 amide bonds. The highest BCUT2D eigenvalue weighted by atomic mass is 127. The van der Waals surface area contributed by atoms with Gasteiger partial charge in [0.25, 0.3) is 0 Å². The normalized spacial score (nSPS) is 8.29. The molecule has 0 rings (SSSR count). The summed E-state index contributed by atoms with van der Waals surface area (Å²) in [6, 6.07) is 0. The molecule has 0 saturated carbocycles. The molecule has 0 spiro atoms. The largest absolute Gasteiger partial charge is 0.214 e. The smallest absolute Gasteiger partial charge is 0.0383 e. The van der Waals surface area contributed by atoms with Crippen LogP contribution in [-0.4, -0.2) is 5.87 Å². The van der Waals surface area contributed by atoms with Crippen LogP contribution >= 0.6 is 22.6 Å². The minimum Gasteiger partial charge on any atom is -0.214 e. The molecule has 0 fully saturated rings. The number of hydrogen-bond acceptors (Lipinski definition) is 1. The van der Waals surface area contributed by atoms with E-state index >= 15 is 0 Å². The predicted octanol–water partition coefficient (Wildman–Crippen LogP) is 2.14. The van der Waals surface area contributed by atoms with Crippen LogP contribution < -0.4 is 0 Å². The first-order valence-electron chi connectivity index (χ1n) is 1.90. The molecule has 0 heterocycles. The van der Waals surface area contributed by atoms with E-state index < -0.39 is 0 Å². The number of hydrogen-bond donors (Lipinski definition) is 0. The fourth-order valence-electron chi connectivity index (χ4n) is 0.146. The van der Waals surface area contributed by atoms with Crippen LogP contribution in [0.4, 0.5) is 0 Å². The summed E-state index contributed by atoms with van der Waals surface area (Å²) in [6.45, 7) is 1.92. The minimum absolute atomic E-state index is 1.69. The Balaban J connectivity index is 3.48. The topological polar surface area (TPSA) is 12.4 Å². The van der Waals surface area contributed by atoms with Crippen LogP contribution in [0.5, 0.6) is 0 Å². The van der Waals surface area contributed by atoms with Gasteiger partial charge in [-0.25, -0.2) is 4.99 Å². The summed E-state index contributed by atoms with van der Waals surface area (Å²) in [5.74, 6) is 2.65. The first-order valence-corrected chi connectivity index (χ1v) is 3.15. The Hall–Kier alpha value is -0.0800. The Morgan fingerprint density at radius 3 is 2.86 bits per heavy atom. The molecule has 0 N–H and O–H groups in total. The van der Waals surface area contributed by atoms with E-state index in [1.807, 2.05) is 13.0 Å². The van der Waals surface area contributed by atoms with Crippen LogP contribution in [0.1, 0.15) is 6.92 Å². The van der Waals surface area contributed by atoms with Gasteiger partial charge in [0.15, 0.2) is 0 Å². The van der Waals surface area contributed by atoms with E-state index in [0.29, 0.717) is 0 Å². The maximum Gasteiger partial charge on any atom is 0.0383 e. The van der Waals surface area contributed by atoms with Crippen LogP contribution in [0.3, 0.4) is 0 Å². The number of rotatable bonds is 1. The minimum atomic E-state index is 1.69. The van der Waals surface area contributed by atoms with Crippen LogP contribution in [0.25, 0.3) is 0 Å². The van der Waals surface area contributed by atoms with Gasteiger partial charge in [-0.15, -0.1) is 0 Å². The Morgan fingerprint density at radius 2 is 2.43 bits per heavy atom. The van der Waals surface area contributed by atoms with Crippen molar-refractivity contribution in [2.24, 2.45) is 4.99 Å². The number of nitrogens with zero attached hydrogens (tertiary/aromatic N) is 1. The molecule has 0 unspecified atom stereocenters. The summed E-state index contributed by atoms with van der Waals surface area (Å²) in [5, 5.41) is 0. The van der Waals surface area contributed by atoms with Crippen molar-refractivity contribution in [2.45, 2.75) is 6.92 Å². The van der Waals surface area contributed by atoms with Gasteiger partial charge in [-0.2, -0.15) is 0 Å². The zero-order chi connectivity index (χ0) is 5.54. The first-order chi connectivity index (χ1) is 3.41. The fourth-order valence-corrected chi connectivity index (χ4v) is 0.307. The van der Waals surface area contributed by atoms with Crippen molar-refractivity contribution >= 4 is 28.5 Å². The lowest BCUT2D eigenvalue weighted by Crippen LogP contribution is -1.44. The molecule has 0 aromatic heterocycles. The van der Waals surface area contributed by atoms with Crippen molar-refractivity contribution in [1.82, 2.24) is 0 Å². The highest BCUT2D eigenvalue weighted by molar-refractivity contribution is 14.1. The lowest BCUT2D eigenvalue weighted by molar-refractivity contribution is 1.56. The maximum absolute atomic E-state index is 3.71. The second kappa shape index (κ2) is 5.92. The van der Waals surface area contributed by atoms with Crippen molar-refractivity contribution in [1.29, 1.82) is 0 Å². The second-order valence-corrected chi connectivity index (χ2v) is 1.47. The average molecular weight is 207 g/mol. The molecule has 0 aromatic carbocycles. The van der Waals surface area contributed by atoms with E-state index in [4.69, 9.17) is 0 Å². The summed E-state index contributed by atoms with van der Waals surface area (Å²) in [4.78, 5) is 3.71. The van der Waals surface area contributed by atoms with Crippen molar-refractivity contribution < 1.29 is 0 Å². The van der Waals surface area contributed by atoms with Crippen molar-refractivity contribution in [3.05, 3.63) is 16.4 Å². The van der Waals surface area contributed by atoms with E-state index in [0.717, 1.165) is 0 Å². The van der Waals surface area contributed by atoms with Crippen LogP contribution in [0.2, 0.25) is 0 Å². The van der Waals surface area contributed by atoms with Crippen molar-refractivity contribution in [3.8, 4) is 0 Å². The zero-order valence-corrected chi connectivity index (χ0v) is 6.21. The second-order valence-electron chi connectivity index (χ2n) is 0.850. The third-order valence-corrected chi connectivity index (χ3v) is 0.625. The van der Waals surface area contributed by atoms with E-state index in [-0.39, 0.29) is 0 Å². The molecule has 0 aromatic rings. The van der Waals surface area contributed by atoms with Gasteiger partial charge in [0.2, 0.25) is 0 Å². The summed E-state index contributed by atoms with van der Waals surface area (Å²) in [7, 11) is 0. The number of allylic oxidation sites excluding steroid dienone is 1. The van der Waals surface area contributed by atoms with Crippen LogP contribution in [-0.2, 0) is 0 Å². The predicted molar refractivity (Wildman–Crippen MR) is 40.8 cm³/mol. The van der Waals surface area contributed by atoms with Crippen molar-refractivity contribution in [3.63, 3.8) is 0 Å². The molecule has 0 bridgehead atoms. The number of halogens is 1. The molecule has 0 aliphatic rings. The van der Waals surface area contributed by atoms with Gasteiger partial charge in [-0.1, -0.05) is 6.08 Å². The molecule has 0 radical (unpaired) electrons. The lowest BCUT2D eigenvalue weighted by atomic mass is 10.7. The molecule has 0 saturated heterocycles. The molecular formula is C5H6IN. The first kappa shape index (κ1) is 6.92. The molecular weight excluding hydrogens is 201 g/mol. The quantitative estimate of drug-likeness (QED) is 0.461. The number of aliphatic imine (C=N–C) groups is 1. The highest BCUT2D eigenvalue weighted by Crippen LogP contribution is 1.74. The third-order valence-electron chi connectivity index (χ3n) is 0.347. The summed E-state index contributed by atoms with van der Waals surface area (Å²) in [5.41, 5.74) is 0. The van der Waals surface area contributed by atoms with Gasteiger partial charge in [0.05, 0.1) is 0 Å². The standard InChI is InChI=1S/C5H6IN/c1-2-4-7-5-3-6/h2-4H,1H3/b4-2-. The molecule has 0 aliphatic carbocycles. The molecule has 1 nitrogen and oxygen atoms in total. The highest BCUT2D eigenvalue weighted by Gasteiger charge is 1.49. The molecule has 38 valence electrons. The van der Waals surface area contributed by atoms with E-state index in [1.165, 1.54) is 0 Å². The Labute approximate surface area is 57.0 Å². The SMILES string of the molecule is C/C=C\N=C=CI. The van der Waals surface area contributed by atoms with Gasteiger partial charge >= 0.3 is 0 Å². The monoisotopic (exact) mass is 207 g/mol. The Morgan fingerprint density at radius 1 is 1.71 bits per heavy atom. The molecule has 0 aliphatic heterocycles. The Bertz CT molecular complexity index is 109. The van der Waals surface area contributed by atoms with Gasteiger partial charge in [-0.3, -0.25) is 0 Å². The van der Waals surface area contributed by atoms with Gasteiger partial charge in [-0.05, 0) is 35.4 Å². The van der Waals surface area contributed by atoms with Gasteiger partial charge < -0.3 is 0 Å². The molecule has 2 heteroatoms. The van der Waals surface area contributed by atoms with E-state index in [9.17, 15) is 0 Å². The summed E-state index contributed by atoms with van der Waals surface area (Å²) in [6.07, 6.45) is 3.54. The summed E-state index contributed by atoms with van der Waals surface area (Å²) < 4.78 is 1.73. The van der Waals surface area contributed by atoms with E-state index in [1.54, 1.807) is 10.3 Å². The third kappa shape index (κ3) is 5.92. The fraction of sp³-hybridized carbons (Fsp3) is 0.200. The van der Waals surface area contributed by atoms with Gasteiger partial charge in [0.1, 0.15) is 0 Å². The summed E-state index contributed by atoms with van der Waals surface area (Å²) >= 11 is 2.06. The Kier molecular flexibility index (Phi) is 5.85.